The van der Waals surface area contributed by atoms with Gasteiger partial charge in [-0.2, -0.15) is 0 Å². The summed E-state index contributed by atoms with van der Waals surface area (Å²) in [4.78, 5) is 21.7. The van der Waals surface area contributed by atoms with Crippen molar-refractivity contribution < 1.29 is 9.53 Å². The number of hydrogen-bond donors (Lipinski definition) is 0. The Balaban J connectivity index is 1.89. The number of rotatable bonds is 6. The zero-order valence-electron chi connectivity index (χ0n) is 15.2. The maximum absolute atomic E-state index is 13.2. The summed E-state index contributed by atoms with van der Waals surface area (Å²) in [6.45, 7) is 2.69. The van der Waals surface area contributed by atoms with Crippen molar-refractivity contribution >= 4 is 5.91 Å². The van der Waals surface area contributed by atoms with Crippen molar-refractivity contribution in [2.45, 2.75) is 19.0 Å². The van der Waals surface area contributed by atoms with E-state index in [9.17, 15) is 4.79 Å². The van der Waals surface area contributed by atoms with Gasteiger partial charge in [-0.1, -0.05) is 30.3 Å². The number of amides is 1. The number of aromatic nitrogens is 2. The first-order valence-corrected chi connectivity index (χ1v) is 8.63. The molecule has 1 aliphatic heterocycles. The second-order valence-electron chi connectivity index (χ2n) is 6.55. The summed E-state index contributed by atoms with van der Waals surface area (Å²) < 4.78 is 7.11. The molecule has 0 aliphatic carbocycles. The van der Waals surface area contributed by atoms with Crippen molar-refractivity contribution in [3.8, 4) is 0 Å². The highest BCUT2D eigenvalue weighted by molar-refractivity contribution is 5.83. The van der Waals surface area contributed by atoms with E-state index in [2.05, 4.69) is 22.0 Å². The highest BCUT2D eigenvalue weighted by atomic mass is 16.5. The minimum absolute atomic E-state index is 0.0949. The zero-order valence-corrected chi connectivity index (χ0v) is 15.2. The fourth-order valence-electron chi connectivity index (χ4n) is 3.39. The molecule has 0 N–H and O–H groups in total. The molecule has 0 bridgehead atoms. The Morgan fingerprint density at radius 2 is 2.12 bits per heavy atom. The van der Waals surface area contributed by atoms with Crippen LogP contribution in [0.4, 0.5) is 0 Å². The second kappa shape index (κ2) is 7.80. The van der Waals surface area contributed by atoms with E-state index >= 15 is 0 Å². The highest BCUT2D eigenvalue weighted by Gasteiger charge is 2.37. The average molecular weight is 342 g/mol. The Labute approximate surface area is 149 Å². The summed E-state index contributed by atoms with van der Waals surface area (Å²) in [5.74, 6) is 0.0949. The standard InChI is InChI=1S/C19H26N4O2/c1-21(11-12-25-3)19(24)18-17-16(20-14-22(17)2)9-10-23(18)13-15-7-5-4-6-8-15/h4-8,14,18H,9-13H2,1-3H3. The van der Waals surface area contributed by atoms with Crippen LogP contribution in [0, 0.1) is 0 Å². The van der Waals surface area contributed by atoms with E-state index in [4.69, 9.17) is 4.74 Å². The molecular formula is C19H26N4O2. The van der Waals surface area contributed by atoms with Crippen molar-refractivity contribution in [1.82, 2.24) is 19.4 Å². The molecule has 1 aromatic heterocycles. The number of likely N-dealkylation sites (N-methyl/N-ethyl adjacent to an activating group) is 1. The van der Waals surface area contributed by atoms with Gasteiger partial charge < -0.3 is 14.2 Å². The molecule has 1 amide bonds. The van der Waals surface area contributed by atoms with Gasteiger partial charge in [0.25, 0.3) is 0 Å². The fourth-order valence-corrected chi connectivity index (χ4v) is 3.39. The summed E-state index contributed by atoms with van der Waals surface area (Å²) in [6, 6.07) is 10.00. The van der Waals surface area contributed by atoms with Crippen molar-refractivity contribution in [3.05, 3.63) is 53.6 Å². The Kier molecular flexibility index (Phi) is 5.50. The van der Waals surface area contributed by atoms with Crippen LogP contribution in [-0.2, 0) is 29.5 Å². The number of ether oxygens (including phenoxy) is 1. The Morgan fingerprint density at radius 3 is 2.84 bits per heavy atom. The summed E-state index contributed by atoms with van der Waals surface area (Å²) in [5, 5.41) is 0. The van der Waals surface area contributed by atoms with E-state index in [0.717, 1.165) is 30.9 Å². The number of nitrogens with zero attached hydrogens (tertiary/aromatic N) is 4. The van der Waals surface area contributed by atoms with E-state index in [1.165, 1.54) is 5.56 Å². The van der Waals surface area contributed by atoms with Gasteiger partial charge in [0.2, 0.25) is 5.91 Å². The van der Waals surface area contributed by atoms with Crippen LogP contribution in [0.25, 0.3) is 0 Å². The molecule has 0 saturated heterocycles. The van der Waals surface area contributed by atoms with Crippen LogP contribution in [0.3, 0.4) is 0 Å². The van der Waals surface area contributed by atoms with Crippen molar-refractivity contribution in [1.29, 1.82) is 0 Å². The third-order valence-corrected chi connectivity index (χ3v) is 4.79. The number of carbonyl (C=O) groups excluding carboxylic acids is 1. The molecule has 6 nitrogen and oxygen atoms in total. The molecule has 1 unspecified atom stereocenters. The molecule has 25 heavy (non-hydrogen) atoms. The molecule has 0 fully saturated rings. The summed E-state index contributed by atoms with van der Waals surface area (Å²) in [7, 11) is 5.46. The number of carbonyl (C=O) groups is 1. The van der Waals surface area contributed by atoms with Crippen LogP contribution in [0.1, 0.15) is 23.0 Å². The summed E-state index contributed by atoms with van der Waals surface area (Å²) >= 11 is 0. The lowest BCUT2D eigenvalue weighted by Gasteiger charge is -2.37. The lowest BCUT2D eigenvalue weighted by atomic mass is 10.00. The van der Waals surface area contributed by atoms with Gasteiger partial charge >= 0.3 is 0 Å². The minimum Gasteiger partial charge on any atom is -0.383 e. The third kappa shape index (κ3) is 3.75. The smallest absolute Gasteiger partial charge is 0.245 e. The van der Waals surface area contributed by atoms with Crippen LogP contribution in [0.5, 0.6) is 0 Å². The second-order valence-corrected chi connectivity index (χ2v) is 6.55. The molecule has 1 aliphatic rings. The average Bonchev–Trinajstić information content (AvgIpc) is 3.01. The normalized spacial score (nSPS) is 17.3. The molecule has 3 rings (SSSR count). The SMILES string of the molecule is COCCN(C)C(=O)C1c2c(ncn2C)CCN1Cc1ccccc1. The first-order chi connectivity index (χ1) is 12.1. The lowest BCUT2D eigenvalue weighted by molar-refractivity contribution is -0.137. The third-order valence-electron chi connectivity index (χ3n) is 4.79. The molecule has 1 aromatic carbocycles. The number of imidazole rings is 1. The predicted octanol–water partition coefficient (Wildman–Crippen LogP) is 1.62. The maximum atomic E-state index is 13.2. The minimum atomic E-state index is -0.307. The first-order valence-electron chi connectivity index (χ1n) is 8.63. The predicted molar refractivity (Wildman–Crippen MR) is 96.0 cm³/mol. The number of methoxy groups -OCH3 is 1. The Hall–Kier alpha value is -2.18. The largest absolute Gasteiger partial charge is 0.383 e. The number of fused-ring (bicyclic) bond motifs is 1. The molecule has 0 saturated carbocycles. The van der Waals surface area contributed by atoms with Crippen LogP contribution in [-0.4, -0.2) is 59.1 Å². The number of aryl methyl sites for hydroxylation is 1. The molecule has 1 atom stereocenters. The van der Waals surface area contributed by atoms with Crippen LogP contribution >= 0.6 is 0 Å². The molecule has 0 radical (unpaired) electrons. The van der Waals surface area contributed by atoms with E-state index in [-0.39, 0.29) is 11.9 Å². The zero-order chi connectivity index (χ0) is 17.8. The Bertz CT molecular complexity index is 713. The van der Waals surface area contributed by atoms with Gasteiger partial charge in [0, 0.05) is 47.3 Å². The van der Waals surface area contributed by atoms with E-state index in [1.807, 2.05) is 43.2 Å². The monoisotopic (exact) mass is 342 g/mol. The van der Waals surface area contributed by atoms with E-state index in [1.54, 1.807) is 12.0 Å². The van der Waals surface area contributed by atoms with E-state index in [0.29, 0.717) is 13.2 Å². The topological polar surface area (TPSA) is 50.6 Å². The van der Waals surface area contributed by atoms with Gasteiger partial charge in [-0.05, 0) is 5.56 Å². The van der Waals surface area contributed by atoms with Crippen molar-refractivity contribution in [3.63, 3.8) is 0 Å². The molecular weight excluding hydrogens is 316 g/mol. The summed E-state index contributed by atoms with van der Waals surface area (Å²) in [6.07, 6.45) is 2.68. The van der Waals surface area contributed by atoms with Gasteiger partial charge in [0.05, 0.1) is 24.3 Å². The van der Waals surface area contributed by atoms with Crippen LogP contribution in [0.2, 0.25) is 0 Å². The van der Waals surface area contributed by atoms with Gasteiger partial charge in [0.1, 0.15) is 6.04 Å². The van der Waals surface area contributed by atoms with Crippen molar-refractivity contribution in [2.24, 2.45) is 7.05 Å². The van der Waals surface area contributed by atoms with Crippen LogP contribution in [0.15, 0.2) is 36.7 Å². The van der Waals surface area contributed by atoms with Crippen LogP contribution < -0.4 is 0 Å². The van der Waals surface area contributed by atoms with Gasteiger partial charge in [-0.3, -0.25) is 9.69 Å². The summed E-state index contributed by atoms with van der Waals surface area (Å²) in [5.41, 5.74) is 3.26. The first kappa shape index (κ1) is 17.6. The molecule has 134 valence electrons. The molecule has 2 aromatic rings. The number of hydrogen-bond acceptors (Lipinski definition) is 4. The quantitative estimate of drug-likeness (QED) is 0.801. The van der Waals surface area contributed by atoms with Gasteiger partial charge in [-0.25, -0.2) is 4.98 Å². The number of benzene rings is 1. The maximum Gasteiger partial charge on any atom is 0.245 e. The molecule has 2 heterocycles. The fraction of sp³-hybridized carbons (Fsp3) is 0.474. The van der Waals surface area contributed by atoms with Gasteiger partial charge in [-0.15, -0.1) is 0 Å². The van der Waals surface area contributed by atoms with Crippen molar-refractivity contribution in [2.75, 3.05) is 33.9 Å². The van der Waals surface area contributed by atoms with E-state index < -0.39 is 0 Å². The Morgan fingerprint density at radius 1 is 1.36 bits per heavy atom. The highest BCUT2D eigenvalue weighted by Crippen LogP contribution is 2.31. The van der Waals surface area contributed by atoms with Gasteiger partial charge in [0.15, 0.2) is 0 Å². The lowest BCUT2D eigenvalue weighted by Crippen LogP contribution is -2.46. The molecule has 0 spiro atoms. The molecule has 6 heteroatoms.